The van der Waals surface area contributed by atoms with Gasteiger partial charge in [-0.25, -0.2) is 8.78 Å². The summed E-state index contributed by atoms with van der Waals surface area (Å²) in [6, 6.07) is 8.53. The number of rotatable bonds is 2. The second-order valence-electron chi connectivity index (χ2n) is 4.65. The Balaban J connectivity index is 2.18. The first kappa shape index (κ1) is 12.5. The zero-order valence-corrected chi connectivity index (χ0v) is 10.7. The maximum atomic E-state index is 13.9. The molecule has 1 aromatic heterocycles. The van der Waals surface area contributed by atoms with Gasteiger partial charge in [-0.1, -0.05) is 6.07 Å². The summed E-state index contributed by atoms with van der Waals surface area (Å²) in [7, 11) is 0. The molecule has 0 aliphatic rings. The highest BCUT2D eigenvalue weighted by molar-refractivity contribution is 6.17. The van der Waals surface area contributed by atoms with E-state index in [1.165, 1.54) is 30.5 Å². The Morgan fingerprint density at radius 3 is 2.65 bits per heavy atom. The van der Waals surface area contributed by atoms with Crippen LogP contribution in [0.5, 0.6) is 0 Å². The van der Waals surface area contributed by atoms with E-state index in [2.05, 4.69) is 4.98 Å². The standard InChI is InChI=1S/C16H11F2NO/c1-9-7-10(17)5-6-11(9)16(20)12-8-19-14-4-2-3-13(18)15(12)14/h2-8,19H,1H3. The molecule has 0 radical (unpaired) electrons. The molecule has 20 heavy (non-hydrogen) atoms. The highest BCUT2D eigenvalue weighted by atomic mass is 19.1. The molecule has 100 valence electrons. The average molecular weight is 271 g/mol. The van der Waals surface area contributed by atoms with Crippen LogP contribution in [0.15, 0.2) is 42.6 Å². The molecule has 1 heterocycles. The molecule has 0 unspecified atom stereocenters. The lowest BCUT2D eigenvalue weighted by atomic mass is 9.98. The largest absolute Gasteiger partial charge is 0.360 e. The average Bonchev–Trinajstić information content (AvgIpc) is 2.83. The van der Waals surface area contributed by atoms with Crippen molar-refractivity contribution in [1.29, 1.82) is 0 Å². The number of benzene rings is 2. The van der Waals surface area contributed by atoms with Crippen molar-refractivity contribution in [3.05, 3.63) is 70.9 Å². The normalized spacial score (nSPS) is 10.9. The summed E-state index contributed by atoms with van der Waals surface area (Å²) in [6.45, 7) is 1.65. The molecule has 0 bridgehead atoms. The minimum atomic E-state index is -0.452. The predicted molar refractivity (Wildman–Crippen MR) is 72.8 cm³/mol. The van der Waals surface area contributed by atoms with Crippen molar-refractivity contribution >= 4 is 16.7 Å². The van der Waals surface area contributed by atoms with Crippen LogP contribution in [0.4, 0.5) is 8.78 Å². The summed E-state index contributed by atoms with van der Waals surface area (Å²) in [6.07, 6.45) is 1.48. The van der Waals surface area contributed by atoms with Crippen molar-refractivity contribution < 1.29 is 13.6 Å². The molecule has 0 aliphatic heterocycles. The third kappa shape index (κ3) is 1.90. The van der Waals surface area contributed by atoms with Crippen LogP contribution in [-0.2, 0) is 0 Å². The zero-order chi connectivity index (χ0) is 14.3. The van der Waals surface area contributed by atoms with Gasteiger partial charge in [-0.2, -0.15) is 0 Å². The predicted octanol–water partition coefficient (Wildman–Crippen LogP) is 3.99. The lowest BCUT2D eigenvalue weighted by Crippen LogP contribution is -2.04. The second-order valence-corrected chi connectivity index (χ2v) is 4.65. The maximum Gasteiger partial charge on any atom is 0.195 e. The van der Waals surface area contributed by atoms with Crippen molar-refractivity contribution in [2.24, 2.45) is 0 Å². The summed E-state index contributed by atoms with van der Waals surface area (Å²) < 4.78 is 27.0. The Kier molecular flexibility index (Phi) is 2.86. The number of aryl methyl sites for hydroxylation is 1. The van der Waals surface area contributed by atoms with E-state index in [9.17, 15) is 13.6 Å². The number of halogens is 2. The summed E-state index contributed by atoms with van der Waals surface area (Å²) in [4.78, 5) is 15.4. The van der Waals surface area contributed by atoms with Gasteiger partial charge in [0.1, 0.15) is 11.6 Å². The third-order valence-electron chi connectivity index (χ3n) is 3.33. The van der Waals surface area contributed by atoms with Crippen LogP contribution in [-0.4, -0.2) is 10.8 Å². The third-order valence-corrected chi connectivity index (χ3v) is 3.33. The second kappa shape index (κ2) is 4.56. The van der Waals surface area contributed by atoms with Crippen LogP contribution in [0.3, 0.4) is 0 Å². The molecule has 3 aromatic rings. The van der Waals surface area contributed by atoms with Crippen molar-refractivity contribution in [3.63, 3.8) is 0 Å². The van der Waals surface area contributed by atoms with Crippen LogP contribution >= 0.6 is 0 Å². The van der Waals surface area contributed by atoms with Gasteiger partial charge < -0.3 is 4.98 Å². The van der Waals surface area contributed by atoms with E-state index in [0.29, 0.717) is 16.6 Å². The first-order valence-corrected chi connectivity index (χ1v) is 6.14. The first-order valence-electron chi connectivity index (χ1n) is 6.14. The number of hydrogen-bond acceptors (Lipinski definition) is 1. The number of ketones is 1. The molecule has 0 aliphatic carbocycles. The summed E-state index contributed by atoms with van der Waals surface area (Å²) >= 11 is 0. The Bertz CT molecular complexity index is 820. The van der Waals surface area contributed by atoms with E-state index in [-0.39, 0.29) is 16.7 Å². The fourth-order valence-corrected chi connectivity index (χ4v) is 2.35. The van der Waals surface area contributed by atoms with E-state index in [1.54, 1.807) is 19.1 Å². The van der Waals surface area contributed by atoms with Crippen molar-refractivity contribution in [1.82, 2.24) is 4.98 Å². The Labute approximate surface area is 114 Å². The fourth-order valence-electron chi connectivity index (χ4n) is 2.35. The van der Waals surface area contributed by atoms with Crippen LogP contribution < -0.4 is 0 Å². The monoisotopic (exact) mass is 271 g/mol. The van der Waals surface area contributed by atoms with Crippen molar-refractivity contribution in [2.45, 2.75) is 6.92 Å². The fraction of sp³-hybridized carbons (Fsp3) is 0.0625. The number of nitrogens with one attached hydrogen (secondary N) is 1. The lowest BCUT2D eigenvalue weighted by Gasteiger charge is -2.04. The number of H-pyrrole nitrogens is 1. The number of fused-ring (bicyclic) bond motifs is 1. The zero-order valence-electron chi connectivity index (χ0n) is 10.7. The van der Waals surface area contributed by atoms with Gasteiger partial charge in [0.15, 0.2) is 5.78 Å². The van der Waals surface area contributed by atoms with Gasteiger partial charge in [-0.05, 0) is 42.8 Å². The van der Waals surface area contributed by atoms with E-state index >= 15 is 0 Å². The van der Waals surface area contributed by atoms with E-state index < -0.39 is 11.6 Å². The highest BCUT2D eigenvalue weighted by Gasteiger charge is 2.18. The Morgan fingerprint density at radius 1 is 1.10 bits per heavy atom. The Morgan fingerprint density at radius 2 is 1.90 bits per heavy atom. The number of aromatic amines is 1. The molecular formula is C16H11F2NO. The number of aromatic nitrogens is 1. The molecule has 0 fully saturated rings. The van der Waals surface area contributed by atoms with Gasteiger partial charge in [-0.15, -0.1) is 0 Å². The SMILES string of the molecule is Cc1cc(F)ccc1C(=O)c1c[nH]c2cccc(F)c12. The van der Waals surface area contributed by atoms with Crippen LogP contribution in [0.1, 0.15) is 21.5 Å². The highest BCUT2D eigenvalue weighted by Crippen LogP contribution is 2.25. The molecule has 0 amide bonds. The molecule has 4 heteroatoms. The van der Waals surface area contributed by atoms with E-state index in [0.717, 1.165) is 0 Å². The van der Waals surface area contributed by atoms with Crippen LogP contribution in [0.2, 0.25) is 0 Å². The first-order chi connectivity index (χ1) is 9.58. The molecule has 0 atom stereocenters. The number of carbonyl (C=O) groups excluding carboxylic acids is 1. The smallest absolute Gasteiger partial charge is 0.195 e. The molecule has 2 nitrogen and oxygen atoms in total. The molecule has 2 aromatic carbocycles. The number of carbonyl (C=O) groups is 1. The van der Waals surface area contributed by atoms with Crippen LogP contribution in [0, 0.1) is 18.6 Å². The van der Waals surface area contributed by atoms with Gasteiger partial charge >= 0.3 is 0 Å². The quantitative estimate of drug-likeness (QED) is 0.702. The summed E-state index contributed by atoms with van der Waals surface area (Å²) in [5.41, 5.74) is 1.72. The van der Waals surface area contributed by atoms with Gasteiger partial charge in [0.25, 0.3) is 0 Å². The van der Waals surface area contributed by atoms with Gasteiger partial charge in [0.2, 0.25) is 0 Å². The minimum Gasteiger partial charge on any atom is -0.360 e. The molecular weight excluding hydrogens is 260 g/mol. The topological polar surface area (TPSA) is 32.9 Å². The molecule has 1 N–H and O–H groups in total. The Hall–Kier alpha value is -2.49. The van der Waals surface area contributed by atoms with Gasteiger partial charge in [-0.3, -0.25) is 4.79 Å². The summed E-state index contributed by atoms with van der Waals surface area (Å²) in [5.74, 6) is -1.17. The lowest BCUT2D eigenvalue weighted by molar-refractivity contribution is 0.103. The molecule has 3 rings (SSSR count). The van der Waals surface area contributed by atoms with E-state index in [4.69, 9.17) is 0 Å². The van der Waals surface area contributed by atoms with Crippen molar-refractivity contribution in [3.8, 4) is 0 Å². The summed E-state index contributed by atoms with van der Waals surface area (Å²) in [5, 5.41) is 0.265. The number of hydrogen-bond donors (Lipinski definition) is 1. The minimum absolute atomic E-state index is 0.257. The van der Waals surface area contributed by atoms with Gasteiger partial charge in [0.05, 0.1) is 5.56 Å². The molecule has 0 spiro atoms. The van der Waals surface area contributed by atoms with Crippen molar-refractivity contribution in [2.75, 3.05) is 0 Å². The molecule has 0 saturated heterocycles. The van der Waals surface area contributed by atoms with Crippen LogP contribution in [0.25, 0.3) is 10.9 Å². The van der Waals surface area contributed by atoms with E-state index in [1.807, 2.05) is 0 Å². The van der Waals surface area contributed by atoms with Gasteiger partial charge in [0, 0.05) is 22.7 Å². The maximum absolute atomic E-state index is 13.9. The molecule has 0 saturated carbocycles.